The highest BCUT2D eigenvalue weighted by atomic mass is 32.2. The van der Waals surface area contributed by atoms with Crippen LogP contribution in [0.4, 0.5) is 0 Å². The fourth-order valence-electron chi connectivity index (χ4n) is 4.12. The molecule has 0 amide bonds. The van der Waals surface area contributed by atoms with Crippen LogP contribution in [-0.2, 0) is 30.9 Å². The van der Waals surface area contributed by atoms with Crippen LogP contribution in [0.2, 0.25) is 0 Å². The van der Waals surface area contributed by atoms with Crippen LogP contribution in [0.3, 0.4) is 0 Å². The average molecular weight is 468 g/mol. The van der Waals surface area contributed by atoms with Crippen LogP contribution in [-0.4, -0.2) is 43.0 Å². The molecule has 1 fully saturated rings. The Hall–Kier alpha value is -2.74. The second-order valence-electron chi connectivity index (χ2n) is 9.28. The molecule has 0 bridgehead atoms. The highest BCUT2D eigenvalue weighted by Crippen LogP contribution is 2.32. The lowest BCUT2D eigenvalue weighted by atomic mass is 10.1. The minimum atomic E-state index is -3.94. The Kier molecular flexibility index (Phi) is 6.56. The molecule has 33 heavy (non-hydrogen) atoms. The fraction of sp³-hybridized carbons (Fsp3) is 0.346. The van der Waals surface area contributed by atoms with Gasteiger partial charge in [-0.25, -0.2) is 8.42 Å². The van der Waals surface area contributed by atoms with Gasteiger partial charge in [-0.3, -0.25) is 4.79 Å². The molecule has 1 aliphatic rings. The second kappa shape index (κ2) is 9.25. The van der Waals surface area contributed by atoms with E-state index in [0.717, 1.165) is 16.3 Å². The normalized spacial score (nSPS) is 19.6. The summed E-state index contributed by atoms with van der Waals surface area (Å²) in [6.45, 7) is 5.92. The quantitative estimate of drug-likeness (QED) is 0.498. The first-order chi connectivity index (χ1) is 15.6. The molecule has 6 nitrogen and oxygen atoms in total. The van der Waals surface area contributed by atoms with E-state index in [-0.39, 0.29) is 24.5 Å². The van der Waals surface area contributed by atoms with E-state index in [1.807, 2.05) is 75.4 Å². The highest BCUT2D eigenvalue weighted by molar-refractivity contribution is 7.89. The molecule has 1 heterocycles. The van der Waals surface area contributed by atoms with Gasteiger partial charge in [0.05, 0.1) is 16.6 Å². The Labute approximate surface area is 195 Å². The Bertz CT molecular complexity index is 1230. The van der Waals surface area contributed by atoms with E-state index in [2.05, 4.69) is 0 Å². The number of sulfonamides is 1. The van der Waals surface area contributed by atoms with Gasteiger partial charge in [0, 0.05) is 13.0 Å². The van der Waals surface area contributed by atoms with Crippen LogP contribution < -0.4 is 0 Å². The summed E-state index contributed by atoms with van der Waals surface area (Å²) in [6.07, 6.45) is -0.160. The van der Waals surface area contributed by atoms with Gasteiger partial charge in [0.25, 0.3) is 0 Å². The number of carbonyl (C=O) groups excluding carboxylic acids is 1. The fourth-order valence-corrected chi connectivity index (χ4v) is 5.78. The summed E-state index contributed by atoms with van der Waals surface area (Å²) >= 11 is 0. The third-order valence-electron chi connectivity index (χ3n) is 5.56. The lowest BCUT2D eigenvalue weighted by molar-refractivity contribution is -0.149. The molecular weight excluding hydrogens is 438 g/mol. The maximum absolute atomic E-state index is 13.6. The molecule has 0 N–H and O–H groups in total. The number of carbonyl (C=O) groups is 1. The molecule has 1 saturated heterocycles. The first kappa shape index (κ1) is 23.4. The number of esters is 1. The average Bonchev–Trinajstić information content (AvgIpc) is 3.21. The van der Waals surface area contributed by atoms with Gasteiger partial charge in [-0.05, 0) is 49.2 Å². The molecule has 0 saturated carbocycles. The zero-order valence-corrected chi connectivity index (χ0v) is 19.9. The molecule has 3 aromatic rings. The third-order valence-corrected chi connectivity index (χ3v) is 7.43. The first-order valence-corrected chi connectivity index (χ1v) is 12.5. The molecule has 0 aromatic heterocycles. The SMILES string of the molecule is CC(C)(C)O[C@@H]1CC(C(=O)OCc2ccccc2)N(S(=O)(=O)c2ccc3ccccc3c2)C1. The number of ether oxygens (including phenoxy) is 2. The Balaban J connectivity index is 1.61. The van der Waals surface area contributed by atoms with Gasteiger partial charge < -0.3 is 9.47 Å². The highest BCUT2D eigenvalue weighted by Gasteiger charge is 2.46. The second-order valence-corrected chi connectivity index (χ2v) is 11.2. The lowest BCUT2D eigenvalue weighted by Gasteiger charge is -2.25. The molecule has 1 aliphatic heterocycles. The summed E-state index contributed by atoms with van der Waals surface area (Å²) in [5.41, 5.74) is 0.376. The zero-order valence-electron chi connectivity index (χ0n) is 19.1. The Morgan fingerprint density at radius 1 is 0.970 bits per heavy atom. The Morgan fingerprint density at radius 2 is 1.64 bits per heavy atom. The summed E-state index contributed by atoms with van der Waals surface area (Å²) < 4.78 is 40.1. The van der Waals surface area contributed by atoms with Crippen LogP contribution in [0.15, 0.2) is 77.7 Å². The third kappa shape index (κ3) is 5.43. The topological polar surface area (TPSA) is 72.9 Å². The summed E-state index contributed by atoms with van der Waals surface area (Å²) in [5, 5.41) is 1.77. The van der Waals surface area contributed by atoms with E-state index in [9.17, 15) is 13.2 Å². The molecule has 0 aliphatic carbocycles. The number of hydrogen-bond acceptors (Lipinski definition) is 5. The number of rotatable bonds is 6. The van der Waals surface area contributed by atoms with Crippen molar-refractivity contribution in [3.8, 4) is 0 Å². The van der Waals surface area contributed by atoms with Crippen molar-refractivity contribution >= 4 is 26.8 Å². The monoisotopic (exact) mass is 467 g/mol. The zero-order chi connectivity index (χ0) is 23.6. The lowest BCUT2D eigenvalue weighted by Crippen LogP contribution is -2.41. The van der Waals surface area contributed by atoms with E-state index < -0.39 is 33.7 Å². The molecule has 2 atom stereocenters. The maximum Gasteiger partial charge on any atom is 0.324 e. The van der Waals surface area contributed by atoms with Gasteiger partial charge >= 0.3 is 5.97 Å². The van der Waals surface area contributed by atoms with Gasteiger partial charge in [0.1, 0.15) is 12.6 Å². The predicted molar refractivity (Wildman–Crippen MR) is 127 cm³/mol. The van der Waals surface area contributed by atoms with E-state index in [1.165, 1.54) is 4.31 Å². The number of fused-ring (bicyclic) bond motifs is 1. The number of hydrogen-bond donors (Lipinski definition) is 0. The summed E-state index contributed by atoms with van der Waals surface area (Å²) in [6, 6.07) is 21.0. The summed E-state index contributed by atoms with van der Waals surface area (Å²) in [7, 11) is -3.94. The molecule has 174 valence electrons. The van der Waals surface area contributed by atoms with Gasteiger partial charge in [-0.1, -0.05) is 60.7 Å². The standard InChI is InChI=1S/C26H29NO5S/c1-26(2,3)32-22-16-24(25(28)31-18-19-9-5-4-6-10-19)27(17-22)33(29,30)23-14-13-20-11-7-8-12-21(20)15-23/h4-15,22,24H,16-18H2,1-3H3/t22-,24?/m1/s1. The van der Waals surface area contributed by atoms with Gasteiger partial charge in [0.2, 0.25) is 10.0 Å². The van der Waals surface area contributed by atoms with E-state index >= 15 is 0 Å². The minimum Gasteiger partial charge on any atom is -0.460 e. The molecule has 0 radical (unpaired) electrons. The smallest absolute Gasteiger partial charge is 0.324 e. The minimum absolute atomic E-state index is 0.0881. The van der Waals surface area contributed by atoms with Crippen LogP contribution in [0, 0.1) is 0 Å². The molecule has 1 unspecified atom stereocenters. The summed E-state index contributed by atoms with van der Waals surface area (Å²) in [4.78, 5) is 13.2. The van der Waals surface area contributed by atoms with Crippen molar-refractivity contribution in [2.75, 3.05) is 6.54 Å². The molecular formula is C26H29NO5S. The van der Waals surface area contributed by atoms with Crippen LogP contribution in [0.1, 0.15) is 32.8 Å². The molecule has 7 heteroatoms. The van der Waals surface area contributed by atoms with Crippen molar-refractivity contribution in [3.63, 3.8) is 0 Å². The molecule has 3 aromatic carbocycles. The van der Waals surface area contributed by atoms with Crippen molar-refractivity contribution < 1.29 is 22.7 Å². The van der Waals surface area contributed by atoms with Crippen molar-refractivity contribution in [2.24, 2.45) is 0 Å². The maximum atomic E-state index is 13.6. The van der Waals surface area contributed by atoms with Crippen LogP contribution in [0.25, 0.3) is 10.8 Å². The van der Waals surface area contributed by atoms with E-state index in [1.54, 1.807) is 18.2 Å². The first-order valence-electron chi connectivity index (χ1n) is 11.0. The largest absolute Gasteiger partial charge is 0.460 e. The van der Waals surface area contributed by atoms with Crippen molar-refractivity contribution in [2.45, 2.75) is 56.4 Å². The summed E-state index contributed by atoms with van der Waals surface area (Å²) in [5.74, 6) is -0.566. The van der Waals surface area contributed by atoms with Gasteiger partial charge in [-0.15, -0.1) is 0 Å². The Morgan fingerprint density at radius 3 is 2.33 bits per heavy atom. The number of nitrogens with zero attached hydrogens (tertiary/aromatic N) is 1. The van der Waals surface area contributed by atoms with Crippen LogP contribution in [0.5, 0.6) is 0 Å². The predicted octanol–water partition coefficient (Wildman–Crippen LogP) is 4.53. The molecule has 4 rings (SSSR count). The van der Waals surface area contributed by atoms with Crippen molar-refractivity contribution in [3.05, 3.63) is 78.4 Å². The molecule has 0 spiro atoms. The van der Waals surface area contributed by atoms with E-state index in [0.29, 0.717) is 0 Å². The number of benzene rings is 3. The van der Waals surface area contributed by atoms with E-state index in [4.69, 9.17) is 9.47 Å². The van der Waals surface area contributed by atoms with Crippen LogP contribution >= 0.6 is 0 Å². The van der Waals surface area contributed by atoms with Gasteiger partial charge in [0.15, 0.2) is 0 Å². The van der Waals surface area contributed by atoms with Crippen molar-refractivity contribution in [1.82, 2.24) is 4.31 Å². The van der Waals surface area contributed by atoms with Gasteiger partial charge in [-0.2, -0.15) is 4.31 Å². The van der Waals surface area contributed by atoms with Crippen molar-refractivity contribution in [1.29, 1.82) is 0 Å².